The fourth-order valence-electron chi connectivity index (χ4n) is 9.35. The molecule has 0 amide bonds. The summed E-state index contributed by atoms with van der Waals surface area (Å²) >= 11 is 0. The van der Waals surface area contributed by atoms with Crippen LogP contribution in [0.1, 0.15) is 105 Å². The lowest BCUT2D eigenvalue weighted by Gasteiger charge is -2.63. The van der Waals surface area contributed by atoms with Crippen LogP contribution in [-0.2, 0) is 14.3 Å². The summed E-state index contributed by atoms with van der Waals surface area (Å²) in [5.41, 5.74) is -0.145. The van der Waals surface area contributed by atoms with Crippen LogP contribution < -0.4 is 0 Å². The van der Waals surface area contributed by atoms with Crippen molar-refractivity contribution in [3.63, 3.8) is 0 Å². The van der Waals surface area contributed by atoms with Crippen LogP contribution in [0.5, 0.6) is 0 Å². The monoisotopic (exact) mass is 508 g/mol. The average molecular weight is 509 g/mol. The van der Waals surface area contributed by atoms with Gasteiger partial charge in [0.25, 0.3) is 0 Å². The Morgan fingerprint density at radius 1 is 1.03 bits per heavy atom. The number of hydrogen-bond donors (Lipinski definition) is 3. The highest BCUT2D eigenvalue weighted by atomic mass is 16.7. The van der Waals surface area contributed by atoms with Gasteiger partial charge >= 0.3 is 5.97 Å². The number of esters is 1. The number of carbonyl (C=O) groups is 1. The molecule has 0 heterocycles. The van der Waals surface area contributed by atoms with E-state index in [0.717, 1.165) is 64.2 Å². The van der Waals surface area contributed by atoms with Gasteiger partial charge in [0.15, 0.2) is 6.29 Å². The molecule has 0 bridgehead atoms. The van der Waals surface area contributed by atoms with E-state index in [1.807, 2.05) is 0 Å². The maximum absolute atomic E-state index is 12.5. The van der Waals surface area contributed by atoms with Crippen molar-refractivity contribution in [1.29, 1.82) is 0 Å². The van der Waals surface area contributed by atoms with Crippen molar-refractivity contribution in [3.05, 3.63) is 0 Å². The molecule has 4 rings (SSSR count). The maximum atomic E-state index is 12.5. The minimum absolute atomic E-state index is 0.0921. The topological polar surface area (TPSA) is 96.2 Å². The van der Waals surface area contributed by atoms with Gasteiger partial charge in [-0.15, -0.1) is 0 Å². The third kappa shape index (κ3) is 5.13. The number of unbranched alkanes of at least 4 members (excludes halogenated alkanes) is 1. The van der Waals surface area contributed by atoms with Gasteiger partial charge in [-0.05, 0) is 111 Å². The molecule has 1 unspecified atom stereocenters. The number of carbonyl (C=O) groups excluding carboxylic acids is 1. The molecule has 4 saturated carbocycles. The third-order valence-electron chi connectivity index (χ3n) is 11.5. The second kappa shape index (κ2) is 11.2. The Labute approximate surface area is 218 Å². The standard InChI is InChI=1S/C30H52O6/c1-6-7-14-35-19(3)36-27(34)11-8-18(2)22-9-10-23-28-24(17-26(33)30(22,23)5)29(4)13-12-21(31)15-20(29)16-25(28)32/h18-26,28,31-33H,6-17H2,1-5H3/t18-,19?,20+,21-,22-,23+,24+,25-,26+,28+,29+,30-/m1/s1. The van der Waals surface area contributed by atoms with E-state index in [1.165, 1.54) is 0 Å². The first kappa shape index (κ1) is 28.3. The van der Waals surface area contributed by atoms with Gasteiger partial charge < -0.3 is 24.8 Å². The molecule has 208 valence electrons. The second-order valence-corrected chi connectivity index (χ2v) is 13.3. The molecule has 0 saturated heterocycles. The zero-order valence-electron chi connectivity index (χ0n) is 23.3. The molecule has 12 atom stereocenters. The Balaban J connectivity index is 1.40. The van der Waals surface area contributed by atoms with Crippen molar-refractivity contribution in [3.8, 4) is 0 Å². The van der Waals surface area contributed by atoms with Gasteiger partial charge in [-0.25, -0.2) is 0 Å². The van der Waals surface area contributed by atoms with E-state index in [1.54, 1.807) is 6.92 Å². The van der Waals surface area contributed by atoms with E-state index >= 15 is 0 Å². The van der Waals surface area contributed by atoms with Crippen molar-refractivity contribution in [2.24, 2.45) is 46.3 Å². The molecule has 4 fully saturated rings. The minimum atomic E-state index is -0.510. The molecular weight excluding hydrogens is 456 g/mol. The Bertz CT molecular complexity index is 758. The lowest BCUT2D eigenvalue weighted by Crippen LogP contribution is -2.62. The summed E-state index contributed by atoms with van der Waals surface area (Å²) in [6, 6.07) is 0. The molecule has 6 nitrogen and oxygen atoms in total. The lowest BCUT2D eigenvalue weighted by molar-refractivity contribution is -0.207. The molecular formula is C30H52O6. The normalized spacial score (nSPS) is 45.8. The Morgan fingerprint density at radius 3 is 2.50 bits per heavy atom. The largest absolute Gasteiger partial charge is 0.436 e. The quantitative estimate of drug-likeness (QED) is 0.229. The van der Waals surface area contributed by atoms with Crippen LogP contribution in [0.3, 0.4) is 0 Å². The molecule has 0 aliphatic heterocycles. The van der Waals surface area contributed by atoms with Gasteiger partial charge in [-0.3, -0.25) is 4.79 Å². The fraction of sp³-hybridized carbons (Fsp3) is 0.967. The van der Waals surface area contributed by atoms with E-state index in [4.69, 9.17) is 9.47 Å². The molecule has 36 heavy (non-hydrogen) atoms. The second-order valence-electron chi connectivity index (χ2n) is 13.3. The number of aliphatic hydroxyl groups excluding tert-OH is 3. The van der Waals surface area contributed by atoms with Crippen LogP contribution >= 0.6 is 0 Å². The molecule has 6 heteroatoms. The average Bonchev–Trinajstić information content (AvgIpc) is 3.18. The smallest absolute Gasteiger partial charge is 0.308 e. The van der Waals surface area contributed by atoms with Crippen molar-refractivity contribution in [2.75, 3.05) is 6.61 Å². The Morgan fingerprint density at radius 2 is 1.78 bits per heavy atom. The van der Waals surface area contributed by atoms with Crippen molar-refractivity contribution in [2.45, 2.75) is 130 Å². The predicted octanol–water partition coefficient (Wildman–Crippen LogP) is 5.07. The molecule has 4 aliphatic rings. The number of hydrogen-bond acceptors (Lipinski definition) is 6. The fourth-order valence-corrected chi connectivity index (χ4v) is 9.35. The summed E-state index contributed by atoms with van der Waals surface area (Å²) in [7, 11) is 0. The summed E-state index contributed by atoms with van der Waals surface area (Å²) in [6.07, 6.45) is 7.83. The Kier molecular flexibility index (Phi) is 8.81. The molecule has 4 aliphatic carbocycles. The van der Waals surface area contributed by atoms with E-state index in [2.05, 4.69) is 27.7 Å². The third-order valence-corrected chi connectivity index (χ3v) is 11.5. The van der Waals surface area contributed by atoms with Gasteiger partial charge in [-0.2, -0.15) is 0 Å². The van der Waals surface area contributed by atoms with Crippen molar-refractivity contribution >= 4 is 5.97 Å². The first-order valence-corrected chi connectivity index (χ1v) is 14.9. The van der Waals surface area contributed by atoms with Gasteiger partial charge in [0.1, 0.15) is 0 Å². The molecule has 0 aromatic heterocycles. The number of ether oxygens (including phenoxy) is 2. The van der Waals surface area contributed by atoms with E-state index in [-0.39, 0.29) is 34.9 Å². The first-order chi connectivity index (χ1) is 17.0. The highest BCUT2D eigenvalue weighted by molar-refractivity contribution is 5.69. The summed E-state index contributed by atoms with van der Waals surface area (Å²) in [6.45, 7) is 11.4. The highest BCUT2D eigenvalue weighted by Gasteiger charge is 2.65. The maximum Gasteiger partial charge on any atom is 0.308 e. The van der Waals surface area contributed by atoms with Crippen LogP contribution in [0.4, 0.5) is 0 Å². The predicted molar refractivity (Wildman–Crippen MR) is 139 cm³/mol. The van der Waals surface area contributed by atoms with E-state index < -0.39 is 12.4 Å². The van der Waals surface area contributed by atoms with Crippen LogP contribution in [0.25, 0.3) is 0 Å². The van der Waals surface area contributed by atoms with Crippen molar-refractivity contribution < 1.29 is 29.6 Å². The van der Waals surface area contributed by atoms with Crippen LogP contribution in [0.15, 0.2) is 0 Å². The SMILES string of the molecule is CCCCOC(C)OC(=O)CC[C@@H](C)[C@H]1CC[C@H]2[C@@H]3[C@H](O)C[C@@H]4C[C@H](O)CC[C@]4(C)[C@H]3C[C@H](O)[C@]12C. The molecule has 0 spiro atoms. The Hall–Kier alpha value is -0.690. The minimum Gasteiger partial charge on any atom is -0.436 e. The van der Waals surface area contributed by atoms with Crippen LogP contribution in [-0.4, -0.2) is 52.5 Å². The molecule has 0 aromatic carbocycles. The summed E-state index contributed by atoms with van der Waals surface area (Å²) < 4.78 is 11.0. The molecule has 0 radical (unpaired) electrons. The van der Waals surface area contributed by atoms with Gasteiger partial charge in [-0.1, -0.05) is 34.1 Å². The number of aliphatic hydroxyl groups is 3. The zero-order valence-corrected chi connectivity index (χ0v) is 23.3. The van der Waals surface area contributed by atoms with Gasteiger partial charge in [0.05, 0.1) is 24.9 Å². The van der Waals surface area contributed by atoms with Crippen LogP contribution in [0, 0.1) is 46.3 Å². The van der Waals surface area contributed by atoms with Gasteiger partial charge in [0.2, 0.25) is 0 Å². The van der Waals surface area contributed by atoms with Gasteiger partial charge in [0, 0.05) is 6.42 Å². The summed E-state index contributed by atoms with van der Waals surface area (Å²) in [4.78, 5) is 12.5. The van der Waals surface area contributed by atoms with Crippen LogP contribution in [0.2, 0.25) is 0 Å². The zero-order chi connectivity index (χ0) is 26.3. The highest BCUT2D eigenvalue weighted by Crippen LogP contribution is 2.68. The number of fused-ring (bicyclic) bond motifs is 5. The van der Waals surface area contributed by atoms with E-state index in [9.17, 15) is 20.1 Å². The molecule has 0 aromatic rings. The first-order valence-electron chi connectivity index (χ1n) is 14.9. The number of rotatable bonds is 9. The summed E-state index contributed by atoms with van der Waals surface area (Å²) in [5, 5.41) is 33.4. The lowest BCUT2D eigenvalue weighted by atomic mass is 9.43. The van der Waals surface area contributed by atoms with Crippen molar-refractivity contribution in [1.82, 2.24) is 0 Å². The molecule has 3 N–H and O–H groups in total. The van der Waals surface area contributed by atoms with E-state index in [0.29, 0.717) is 42.6 Å². The summed E-state index contributed by atoms with van der Waals surface area (Å²) in [5.74, 6) is 1.58.